The number of aromatic nitrogens is 3. The Morgan fingerprint density at radius 2 is 2.03 bits per heavy atom. The fraction of sp³-hybridized carbons (Fsp3) is 0.227. The highest BCUT2D eigenvalue weighted by atomic mass is 16.5. The lowest BCUT2D eigenvalue weighted by atomic mass is 10.1. The number of amides is 1. The Morgan fingerprint density at radius 1 is 1.20 bits per heavy atom. The predicted molar refractivity (Wildman–Crippen MR) is 111 cm³/mol. The summed E-state index contributed by atoms with van der Waals surface area (Å²) < 4.78 is 7.56. The number of hydrogen-bond acceptors (Lipinski definition) is 6. The van der Waals surface area contributed by atoms with Gasteiger partial charge in [0, 0.05) is 17.7 Å². The van der Waals surface area contributed by atoms with Crippen molar-refractivity contribution in [3.8, 4) is 17.0 Å². The first kappa shape index (κ1) is 18.4. The van der Waals surface area contributed by atoms with Gasteiger partial charge < -0.3 is 4.74 Å². The van der Waals surface area contributed by atoms with E-state index in [0.717, 1.165) is 40.5 Å². The maximum Gasteiger partial charge on any atom is 0.249 e. The smallest absolute Gasteiger partial charge is 0.249 e. The molecule has 3 heterocycles. The molecule has 0 radical (unpaired) electrons. The van der Waals surface area contributed by atoms with Crippen molar-refractivity contribution in [3.05, 3.63) is 66.4 Å². The van der Waals surface area contributed by atoms with Crippen molar-refractivity contribution in [2.24, 2.45) is 5.92 Å². The molecule has 1 saturated carbocycles. The zero-order valence-electron chi connectivity index (χ0n) is 16.2. The third-order valence-corrected chi connectivity index (χ3v) is 5.07. The van der Waals surface area contributed by atoms with E-state index in [0.29, 0.717) is 24.7 Å². The van der Waals surface area contributed by atoms with E-state index >= 15 is 0 Å². The molecule has 0 spiro atoms. The zero-order chi connectivity index (χ0) is 20.5. The van der Waals surface area contributed by atoms with Crippen molar-refractivity contribution in [3.63, 3.8) is 0 Å². The molecule has 8 nitrogen and oxygen atoms in total. The number of carbonyl (C=O) groups excluding carboxylic acids is 1. The van der Waals surface area contributed by atoms with E-state index in [2.05, 4.69) is 15.4 Å². The first-order valence-corrected chi connectivity index (χ1v) is 9.87. The van der Waals surface area contributed by atoms with Crippen LogP contribution in [0.5, 0.6) is 5.75 Å². The number of allylic oxidation sites excluding steroid dienone is 2. The van der Waals surface area contributed by atoms with Crippen LogP contribution < -0.4 is 10.1 Å². The Bertz CT molecular complexity index is 1150. The summed E-state index contributed by atoms with van der Waals surface area (Å²) in [6.45, 7) is 0.839. The molecular weight excluding hydrogens is 382 g/mol. The molecule has 0 bridgehead atoms. The van der Waals surface area contributed by atoms with Gasteiger partial charge in [0.1, 0.15) is 12.4 Å². The number of benzene rings is 1. The number of anilines is 1. The number of hydrogen-bond donors (Lipinski definition) is 2. The fourth-order valence-electron chi connectivity index (χ4n) is 3.32. The zero-order valence-corrected chi connectivity index (χ0v) is 16.2. The number of nitrogens with zero attached hydrogens (tertiary/aromatic N) is 4. The van der Waals surface area contributed by atoms with Crippen molar-refractivity contribution >= 4 is 17.5 Å². The Hall–Kier alpha value is -3.65. The van der Waals surface area contributed by atoms with Crippen LogP contribution >= 0.6 is 0 Å². The van der Waals surface area contributed by atoms with Gasteiger partial charge in [-0.1, -0.05) is 12.1 Å². The van der Waals surface area contributed by atoms with Gasteiger partial charge in [0.25, 0.3) is 0 Å². The number of carbonyl (C=O) groups is 1. The van der Waals surface area contributed by atoms with Crippen molar-refractivity contribution in [1.29, 1.82) is 0 Å². The largest absolute Gasteiger partial charge is 0.489 e. The molecule has 2 aromatic heterocycles. The van der Waals surface area contributed by atoms with Gasteiger partial charge in [-0.25, -0.2) is 4.52 Å². The van der Waals surface area contributed by atoms with E-state index < -0.39 is 0 Å². The standard InChI is InChI=1S/C22H21N5O3/c28-21(17-6-7-17)24-22-23-20-5-1-4-19(27(20)25-22)16-8-10-18(11-9-16)30-14-15-3-2-12-26(29)13-15/h1-5,8-12,17,29H,6-7,13-14H2,(H,24,25,28). The Kier molecular flexibility index (Phi) is 4.68. The molecule has 3 aromatic rings. The lowest BCUT2D eigenvalue weighted by Gasteiger charge is -2.18. The van der Waals surface area contributed by atoms with Crippen LogP contribution in [0.4, 0.5) is 5.95 Å². The highest BCUT2D eigenvalue weighted by Gasteiger charge is 2.30. The van der Waals surface area contributed by atoms with Gasteiger partial charge in [-0.3, -0.25) is 20.4 Å². The molecule has 30 heavy (non-hydrogen) atoms. The van der Waals surface area contributed by atoms with Crippen LogP contribution in [-0.2, 0) is 4.79 Å². The predicted octanol–water partition coefficient (Wildman–Crippen LogP) is 3.27. The minimum absolute atomic E-state index is 0.0122. The molecule has 1 aliphatic heterocycles. The van der Waals surface area contributed by atoms with Gasteiger partial charge in [0.15, 0.2) is 5.65 Å². The van der Waals surface area contributed by atoms with Crippen molar-refractivity contribution in [2.45, 2.75) is 12.8 Å². The molecule has 2 N–H and O–H groups in total. The molecule has 1 aliphatic carbocycles. The third kappa shape index (κ3) is 3.90. The first-order valence-electron chi connectivity index (χ1n) is 9.87. The van der Waals surface area contributed by atoms with E-state index in [1.54, 1.807) is 16.8 Å². The number of hydroxylamine groups is 2. The molecule has 1 amide bonds. The Balaban J connectivity index is 1.32. The van der Waals surface area contributed by atoms with E-state index in [1.807, 2.05) is 48.5 Å². The average molecular weight is 403 g/mol. The van der Waals surface area contributed by atoms with Crippen LogP contribution in [0.2, 0.25) is 0 Å². The van der Waals surface area contributed by atoms with Gasteiger partial charge in [-0.15, -0.1) is 5.10 Å². The molecule has 152 valence electrons. The molecule has 0 unspecified atom stereocenters. The van der Waals surface area contributed by atoms with Crippen molar-refractivity contribution in [2.75, 3.05) is 18.5 Å². The molecule has 1 fully saturated rings. The SMILES string of the molecule is O=C(Nc1nc2cccc(-c3ccc(OCC4=CC=CN(O)C4)cc3)n2n1)C1CC1. The summed E-state index contributed by atoms with van der Waals surface area (Å²) >= 11 is 0. The molecule has 0 atom stereocenters. The minimum atomic E-state index is -0.0122. The normalized spacial score (nSPS) is 15.9. The average Bonchev–Trinajstić information content (AvgIpc) is 3.53. The van der Waals surface area contributed by atoms with Gasteiger partial charge in [0.05, 0.1) is 12.2 Å². The number of fused-ring (bicyclic) bond motifs is 1. The first-order chi connectivity index (χ1) is 14.7. The maximum absolute atomic E-state index is 12.0. The second-order valence-corrected chi connectivity index (χ2v) is 7.46. The highest BCUT2D eigenvalue weighted by molar-refractivity contribution is 5.92. The summed E-state index contributed by atoms with van der Waals surface area (Å²) in [6, 6.07) is 13.5. The quantitative estimate of drug-likeness (QED) is 0.656. The van der Waals surface area contributed by atoms with Crippen LogP contribution in [-0.4, -0.2) is 43.9 Å². The summed E-state index contributed by atoms with van der Waals surface area (Å²) in [6.07, 6.45) is 7.19. The Morgan fingerprint density at radius 3 is 2.80 bits per heavy atom. The number of rotatable bonds is 6. The van der Waals surface area contributed by atoms with Crippen LogP contribution in [0.3, 0.4) is 0 Å². The second-order valence-electron chi connectivity index (χ2n) is 7.46. The van der Waals surface area contributed by atoms with Crippen LogP contribution in [0.1, 0.15) is 12.8 Å². The monoisotopic (exact) mass is 403 g/mol. The van der Waals surface area contributed by atoms with Crippen LogP contribution in [0, 0.1) is 5.92 Å². The van der Waals surface area contributed by atoms with Gasteiger partial charge in [0.2, 0.25) is 11.9 Å². The van der Waals surface area contributed by atoms with Gasteiger partial charge in [-0.2, -0.15) is 4.98 Å². The topological polar surface area (TPSA) is 92.0 Å². The van der Waals surface area contributed by atoms with Crippen LogP contribution in [0.25, 0.3) is 16.9 Å². The fourth-order valence-corrected chi connectivity index (χ4v) is 3.32. The van der Waals surface area contributed by atoms with E-state index in [9.17, 15) is 10.0 Å². The molecule has 5 rings (SSSR count). The molecule has 0 saturated heterocycles. The van der Waals surface area contributed by atoms with Gasteiger partial charge >= 0.3 is 0 Å². The van der Waals surface area contributed by atoms with E-state index in [1.165, 1.54) is 0 Å². The number of nitrogens with one attached hydrogen (secondary N) is 1. The summed E-state index contributed by atoms with van der Waals surface area (Å²) in [5.41, 5.74) is 3.48. The molecule has 8 heteroatoms. The summed E-state index contributed by atoms with van der Waals surface area (Å²) in [5, 5.41) is 17.9. The Labute approximate surface area is 173 Å². The molecule has 1 aromatic carbocycles. The number of pyridine rings is 1. The van der Waals surface area contributed by atoms with E-state index in [-0.39, 0.29) is 11.8 Å². The van der Waals surface area contributed by atoms with Crippen molar-refractivity contribution in [1.82, 2.24) is 19.7 Å². The van der Waals surface area contributed by atoms with E-state index in [4.69, 9.17) is 4.74 Å². The van der Waals surface area contributed by atoms with Crippen LogP contribution in [0.15, 0.2) is 66.4 Å². The maximum atomic E-state index is 12.0. The summed E-state index contributed by atoms with van der Waals surface area (Å²) in [5.74, 6) is 1.15. The highest BCUT2D eigenvalue weighted by Crippen LogP contribution is 2.30. The second kappa shape index (κ2) is 7.64. The molecule has 2 aliphatic rings. The summed E-state index contributed by atoms with van der Waals surface area (Å²) in [7, 11) is 0. The van der Waals surface area contributed by atoms with Crippen molar-refractivity contribution < 1.29 is 14.7 Å². The summed E-state index contributed by atoms with van der Waals surface area (Å²) in [4.78, 5) is 16.4. The number of ether oxygens (including phenoxy) is 1. The lowest BCUT2D eigenvalue weighted by molar-refractivity contribution is -0.117. The van der Waals surface area contributed by atoms with Gasteiger partial charge in [-0.05, 0) is 60.9 Å². The third-order valence-electron chi connectivity index (χ3n) is 5.07. The lowest BCUT2D eigenvalue weighted by Crippen LogP contribution is -2.20. The minimum Gasteiger partial charge on any atom is -0.489 e. The molecular formula is C22H21N5O3.